The Bertz CT molecular complexity index is 435. The average Bonchev–Trinajstić information content (AvgIpc) is 3.17. The summed E-state index contributed by atoms with van der Waals surface area (Å²) in [6, 6.07) is 9.54. The van der Waals surface area contributed by atoms with Crippen LogP contribution in [0, 0.1) is 5.41 Å². The molecule has 1 aromatic rings. The van der Waals surface area contributed by atoms with E-state index >= 15 is 0 Å². The van der Waals surface area contributed by atoms with Crippen LogP contribution < -0.4 is 5.32 Å². The van der Waals surface area contributed by atoms with Crippen molar-refractivity contribution >= 4 is 15.9 Å². The van der Waals surface area contributed by atoms with Gasteiger partial charge in [-0.05, 0) is 61.1 Å². The summed E-state index contributed by atoms with van der Waals surface area (Å²) in [6.07, 6.45) is 6.57. The van der Waals surface area contributed by atoms with Crippen LogP contribution in [0.25, 0.3) is 0 Å². The molecule has 2 aliphatic rings. The van der Waals surface area contributed by atoms with E-state index in [0.29, 0.717) is 5.41 Å². The lowest BCUT2D eigenvalue weighted by molar-refractivity contribution is 0.166. The fourth-order valence-electron chi connectivity index (χ4n) is 3.16. The summed E-state index contributed by atoms with van der Waals surface area (Å²) >= 11 is 3.50. The molecule has 0 aliphatic heterocycles. The van der Waals surface area contributed by atoms with Crippen LogP contribution in [0.1, 0.15) is 43.6 Å². The third-order valence-corrected chi connectivity index (χ3v) is 5.57. The Morgan fingerprint density at radius 1 is 1.25 bits per heavy atom. The summed E-state index contributed by atoms with van der Waals surface area (Å²) in [4.78, 5) is 0. The van der Waals surface area contributed by atoms with Gasteiger partial charge in [0.1, 0.15) is 0 Å². The van der Waals surface area contributed by atoms with Gasteiger partial charge in [-0.2, -0.15) is 0 Å². The maximum absolute atomic E-state index is 5.22. The van der Waals surface area contributed by atoms with E-state index in [9.17, 15) is 0 Å². The largest absolute Gasteiger partial charge is 0.385 e. The molecular formula is C17H24BrNO. The smallest absolute Gasteiger partial charge is 0.0468 e. The molecule has 0 unspecified atom stereocenters. The van der Waals surface area contributed by atoms with Gasteiger partial charge in [0, 0.05) is 30.8 Å². The SMILES string of the molecule is COCCC1(CNC2CC(c3ccc(Br)cc3)C2)CC1. The van der Waals surface area contributed by atoms with Crippen LogP contribution in [-0.4, -0.2) is 26.3 Å². The average molecular weight is 338 g/mol. The third-order valence-electron chi connectivity index (χ3n) is 5.04. The number of hydrogen-bond donors (Lipinski definition) is 1. The van der Waals surface area contributed by atoms with E-state index in [1.807, 2.05) is 0 Å². The molecule has 2 saturated carbocycles. The Balaban J connectivity index is 1.39. The van der Waals surface area contributed by atoms with E-state index in [2.05, 4.69) is 45.5 Å². The molecule has 1 N–H and O–H groups in total. The van der Waals surface area contributed by atoms with Crippen LogP contribution in [0.15, 0.2) is 28.7 Å². The number of benzene rings is 1. The molecule has 0 radical (unpaired) electrons. The molecule has 0 aromatic heterocycles. The number of nitrogens with one attached hydrogen (secondary N) is 1. The molecule has 3 heteroatoms. The van der Waals surface area contributed by atoms with Gasteiger partial charge in [0.25, 0.3) is 0 Å². The Morgan fingerprint density at radius 3 is 2.55 bits per heavy atom. The first kappa shape index (κ1) is 14.6. The van der Waals surface area contributed by atoms with E-state index < -0.39 is 0 Å². The molecule has 0 spiro atoms. The monoisotopic (exact) mass is 337 g/mol. The Labute approximate surface area is 130 Å². The summed E-state index contributed by atoms with van der Waals surface area (Å²) in [5.41, 5.74) is 2.06. The topological polar surface area (TPSA) is 21.3 Å². The van der Waals surface area contributed by atoms with E-state index in [-0.39, 0.29) is 0 Å². The highest BCUT2D eigenvalue weighted by atomic mass is 79.9. The molecule has 3 rings (SSSR count). The maximum Gasteiger partial charge on any atom is 0.0468 e. The van der Waals surface area contributed by atoms with E-state index in [0.717, 1.165) is 18.6 Å². The predicted molar refractivity (Wildman–Crippen MR) is 86.1 cm³/mol. The first-order valence-corrected chi connectivity index (χ1v) is 8.48. The molecule has 20 heavy (non-hydrogen) atoms. The quantitative estimate of drug-likeness (QED) is 0.808. The molecule has 0 atom stereocenters. The van der Waals surface area contributed by atoms with Crippen molar-refractivity contribution in [3.05, 3.63) is 34.3 Å². The van der Waals surface area contributed by atoms with Crippen LogP contribution in [-0.2, 0) is 4.74 Å². The van der Waals surface area contributed by atoms with E-state index in [1.54, 1.807) is 7.11 Å². The molecule has 2 nitrogen and oxygen atoms in total. The van der Waals surface area contributed by atoms with Gasteiger partial charge >= 0.3 is 0 Å². The zero-order chi connectivity index (χ0) is 14.0. The third kappa shape index (κ3) is 3.44. The maximum atomic E-state index is 5.22. The van der Waals surface area contributed by atoms with Crippen molar-refractivity contribution in [1.82, 2.24) is 5.32 Å². The fourth-order valence-corrected chi connectivity index (χ4v) is 3.43. The highest BCUT2D eigenvalue weighted by molar-refractivity contribution is 9.10. The zero-order valence-electron chi connectivity index (χ0n) is 12.2. The minimum Gasteiger partial charge on any atom is -0.385 e. The van der Waals surface area contributed by atoms with Gasteiger partial charge in [-0.15, -0.1) is 0 Å². The Kier molecular flexibility index (Phi) is 4.49. The van der Waals surface area contributed by atoms with E-state index in [1.165, 1.54) is 48.7 Å². The Hall–Kier alpha value is -0.380. The molecule has 2 aliphatic carbocycles. The Morgan fingerprint density at radius 2 is 1.95 bits per heavy atom. The van der Waals surface area contributed by atoms with Gasteiger partial charge in [0.05, 0.1) is 0 Å². The number of hydrogen-bond acceptors (Lipinski definition) is 2. The number of ether oxygens (including phenoxy) is 1. The normalized spacial score (nSPS) is 27.1. The zero-order valence-corrected chi connectivity index (χ0v) is 13.8. The molecule has 0 heterocycles. The van der Waals surface area contributed by atoms with Gasteiger partial charge in [0.15, 0.2) is 0 Å². The van der Waals surface area contributed by atoms with Crippen LogP contribution in [0.3, 0.4) is 0 Å². The molecule has 0 bridgehead atoms. The first-order valence-electron chi connectivity index (χ1n) is 7.69. The van der Waals surface area contributed by atoms with Crippen LogP contribution in [0.5, 0.6) is 0 Å². The van der Waals surface area contributed by atoms with Crippen molar-refractivity contribution in [2.24, 2.45) is 5.41 Å². The lowest BCUT2D eigenvalue weighted by atomic mass is 9.75. The first-order chi connectivity index (χ1) is 9.71. The van der Waals surface area contributed by atoms with Crippen molar-refractivity contribution in [2.45, 2.75) is 44.1 Å². The van der Waals surface area contributed by atoms with Crippen molar-refractivity contribution in [1.29, 1.82) is 0 Å². The number of rotatable bonds is 7. The lowest BCUT2D eigenvalue weighted by Gasteiger charge is -2.37. The fraction of sp³-hybridized carbons (Fsp3) is 0.647. The number of methoxy groups -OCH3 is 1. The van der Waals surface area contributed by atoms with Crippen LogP contribution >= 0.6 is 15.9 Å². The van der Waals surface area contributed by atoms with Crippen LogP contribution in [0.2, 0.25) is 0 Å². The molecule has 2 fully saturated rings. The van der Waals surface area contributed by atoms with Crippen molar-refractivity contribution in [3.63, 3.8) is 0 Å². The summed E-state index contributed by atoms with van der Waals surface area (Å²) in [7, 11) is 1.80. The predicted octanol–water partition coefficient (Wildman–Crippen LogP) is 4.10. The van der Waals surface area contributed by atoms with Crippen molar-refractivity contribution < 1.29 is 4.74 Å². The van der Waals surface area contributed by atoms with Crippen molar-refractivity contribution in [2.75, 3.05) is 20.3 Å². The van der Waals surface area contributed by atoms with E-state index in [4.69, 9.17) is 4.74 Å². The summed E-state index contributed by atoms with van der Waals surface area (Å²) in [5, 5.41) is 3.78. The highest BCUT2D eigenvalue weighted by Crippen LogP contribution is 2.48. The second-order valence-electron chi connectivity index (χ2n) is 6.54. The minimum atomic E-state index is 0.568. The number of halogens is 1. The second-order valence-corrected chi connectivity index (χ2v) is 7.46. The summed E-state index contributed by atoms with van der Waals surface area (Å²) in [5.74, 6) is 0.759. The van der Waals surface area contributed by atoms with Gasteiger partial charge in [-0.1, -0.05) is 28.1 Å². The second kappa shape index (κ2) is 6.17. The molecule has 1 aromatic carbocycles. The van der Waals surface area contributed by atoms with Gasteiger partial charge in [0.2, 0.25) is 0 Å². The van der Waals surface area contributed by atoms with Gasteiger partial charge in [-0.3, -0.25) is 0 Å². The summed E-state index contributed by atoms with van der Waals surface area (Å²) in [6.45, 7) is 2.10. The summed E-state index contributed by atoms with van der Waals surface area (Å²) < 4.78 is 6.39. The molecule has 0 amide bonds. The molecule has 110 valence electrons. The lowest BCUT2D eigenvalue weighted by Crippen LogP contribution is -2.42. The highest BCUT2D eigenvalue weighted by Gasteiger charge is 2.42. The standard InChI is InChI=1S/C17H24BrNO/c1-20-9-8-17(6-7-17)12-19-16-10-14(11-16)13-2-4-15(18)5-3-13/h2-5,14,16,19H,6-12H2,1H3. The minimum absolute atomic E-state index is 0.568. The van der Waals surface area contributed by atoms with Gasteiger partial charge in [-0.25, -0.2) is 0 Å². The molecular weight excluding hydrogens is 314 g/mol. The van der Waals surface area contributed by atoms with Crippen LogP contribution in [0.4, 0.5) is 0 Å². The van der Waals surface area contributed by atoms with Crippen molar-refractivity contribution in [3.8, 4) is 0 Å². The molecule has 0 saturated heterocycles. The van der Waals surface area contributed by atoms with Gasteiger partial charge < -0.3 is 10.1 Å².